The normalized spacial score (nSPS) is 20.4. The Kier molecular flexibility index (Phi) is 1.99. The highest BCUT2D eigenvalue weighted by molar-refractivity contribution is 5.70. The van der Waals surface area contributed by atoms with Crippen molar-refractivity contribution < 1.29 is 19.0 Å². The largest absolute Gasteiger partial charge is 0.508 e. The summed E-state index contributed by atoms with van der Waals surface area (Å²) in [5.74, 6) is -0.697. The minimum Gasteiger partial charge on any atom is -0.508 e. The number of carbonyl (C=O) groups excluding carboxylic acids is 1. The summed E-state index contributed by atoms with van der Waals surface area (Å²) in [5.41, 5.74) is 0.314. The summed E-state index contributed by atoms with van der Waals surface area (Å²) in [7, 11) is 0. The van der Waals surface area contributed by atoms with Crippen molar-refractivity contribution in [3.8, 4) is 5.75 Å². The molecule has 1 aliphatic heterocycles. The molecule has 1 aromatic rings. The molecular weight excluding hydrogens is 189 g/mol. The predicted molar refractivity (Wildman–Crippen MR) is 45.3 cm³/mol. The Hall–Kier alpha value is -1.78. The van der Waals surface area contributed by atoms with Gasteiger partial charge in [0.25, 0.3) is 0 Å². The van der Waals surface area contributed by atoms with E-state index in [-0.39, 0.29) is 12.4 Å². The third kappa shape index (κ3) is 1.48. The van der Waals surface area contributed by atoms with Crippen LogP contribution in [0, 0.1) is 5.82 Å². The number of nitrogens with one attached hydrogen (secondary N) is 1. The molecule has 2 rings (SSSR count). The second-order valence-electron chi connectivity index (χ2n) is 3.00. The van der Waals surface area contributed by atoms with Crippen LogP contribution >= 0.6 is 0 Å². The van der Waals surface area contributed by atoms with Gasteiger partial charge in [-0.2, -0.15) is 0 Å². The summed E-state index contributed by atoms with van der Waals surface area (Å²) in [6, 6.07) is 3.32. The highest BCUT2D eigenvalue weighted by atomic mass is 19.1. The van der Waals surface area contributed by atoms with E-state index < -0.39 is 18.0 Å². The van der Waals surface area contributed by atoms with Gasteiger partial charge in [0.05, 0.1) is 6.04 Å². The zero-order valence-corrected chi connectivity index (χ0v) is 7.16. The Balaban J connectivity index is 2.28. The van der Waals surface area contributed by atoms with Crippen LogP contribution < -0.4 is 5.32 Å². The number of hydrogen-bond donors (Lipinski definition) is 2. The lowest BCUT2D eigenvalue weighted by atomic mass is 10.1. The van der Waals surface area contributed by atoms with E-state index in [1.807, 2.05) is 0 Å². The first-order valence-electron chi connectivity index (χ1n) is 4.08. The number of amides is 1. The van der Waals surface area contributed by atoms with E-state index in [4.69, 9.17) is 5.11 Å². The van der Waals surface area contributed by atoms with E-state index in [1.54, 1.807) is 0 Å². The summed E-state index contributed by atoms with van der Waals surface area (Å²) in [6.45, 7) is 0.112. The number of phenolic OH excluding ortho intramolecular Hbond substituents is 1. The van der Waals surface area contributed by atoms with E-state index in [9.17, 15) is 9.18 Å². The van der Waals surface area contributed by atoms with Gasteiger partial charge in [0, 0.05) is 11.6 Å². The van der Waals surface area contributed by atoms with Crippen molar-refractivity contribution in [1.82, 2.24) is 5.32 Å². The fraction of sp³-hybridized carbons (Fsp3) is 0.222. The lowest BCUT2D eigenvalue weighted by molar-refractivity contribution is 0.176. The molecule has 1 amide bonds. The first-order valence-corrected chi connectivity index (χ1v) is 4.08. The zero-order chi connectivity index (χ0) is 10.1. The molecule has 1 aliphatic rings. The van der Waals surface area contributed by atoms with Gasteiger partial charge in [-0.05, 0) is 6.07 Å². The fourth-order valence-corrected chi connectivity index (χ4v) is 1.35. The summed E-state index contributed by atoms with van der Waals surface area (Å²) < 4.78 is 17.9. The first kappa shape index (κ1) is 8.80. The number of benzene rings is 1. The molecule has 0 unspecified atom stereocenters. The summed E-state index contributed by atoms with van der Waals surface area (Å²) >= 11 is 0. The van der Waals surface area contributed by atoms with Crippen molar-refractivity contribution in [2.45, 2.75) is 6.04 Å². The van der Waals surface area contributed by atoms with Gasteiger partial charge in [0.1, 0.15) is 18.2 Å². The second kappa shape index (κ2) is 3.17. The maximum absolute atomic E-state index is 13.3. The van der Waals surface area contributed by atoms with Gasteiger partial charge < -0.3 is 15.2 Å². The Morgan fingerprint density at radius 1 is 1.57 bits per heavy atom. The third-order valence-corrected chi connectivity index (χ3v) is 2.03. The van der Waals surface area contributed by atoms with Crippen LogP contribution in [0.15, 0.2) is 18.2 Å². The molecule has 74 valence electrons. The SMILES string of the molecule is O=C1N[C@@H](c2ccc(O)cc2F)CO1. The summed E-state index contributed by atoms with van der Waals surface area (Å²) in [6.07, 6.45) is -0.553. The Morgan fingerprint density at radius 3 is 2.93 bits per heavy atom. The fourth-order valence-electron chi connectivity index (χ4n) is 1.35. The van der Waals surface area contributed by atoms with E-state index in [0.29, 0.717) is 5.56 Å². The number of carbonyl (C=O) groups is 1. The van der Waals surface area contributed by atoms with Gasteiger partial charge >= 0.3 is 6.09 Å². The molecular formula is C9H8FNO3. The van der Waals surface area contributed by atoms with Crippen molar-refractivity contribution in [2.24, 2.45) is 0 Å². The highest BCUT2D eigenvalue weighted by Crippen LogP contribution is 2.23. The number of hydrogen-bond acceptors (Lipinski definition) is 3. The number of ether oxygens (including phenoxy) is 1. The van der Waals surface area contributed by atoms with Crippen molar-refractivity contribution in [2.75, 3.05) is 6.61 Å². The van der Waals surface area contributed by atoms with E-state index in [2.05, 4.69) is 10.1 Å². The van der Waals surface area contributed by atoms with E-state index >= 15 is 0 Å². The maximum atomic E-state index is 13.3. The standard InChI is InChI=1S/C9H8FNO3/c10-7-3-5(12)1-2-6(7)8-4-14-9(13)11-8/h1-3,8,12H,4H2,(H,11,13)/t8-/m1/s1. The first-order chi connectivity index (χ1) is 6.66. The van der Waals surface area contributed by atoms with Crippen LogP contribution in [-0.4, -0.2) is 17.8 Å². The topological polar surface area (TPSA) is 58.6 Å². The molecule has 0 radical (unpaired) electrons. The molecule has 1 aromatic carbocycles. The van der Waals surface area contributed by atoms with Crippen molar-refractivity contribution >= 4 is 6.09 Å². The number of halogens is 1. The molecule has 0 bridgehead atoms. The molecule has 1 atom stereocenters. The van der Waals surface area contributed by atoms with Gasteiger partial charge in [-0.3, -0.25) is 0 Å². The monoisotopic (exact) mass is 197 g/mol. The molecule has 4 nitrogen and oxygen atoms in total. The van der Waals surface area contributed by atoms with Crippen molar-refractivity contribution in [3.63, 3.8) is 0 Å². The lowest BCUT2D eigenvalue weighted by Crippen LogP contribution is -2.19. The van der Waals surface area contributed by atoms with Crippen LogP contribution in [0.4, 0.5) is 9.18 Å². The average Bonchev–Trinajstić information content (AvgIpc) is 2.51. The summed E-state index contributed by atoms with van der Waals surface area (Å²) in [5, 5.41) is 11.4. The molecule has 1 heterocycles. The van der Waals surface area contributed by atoms with Gasteiger partial charge in [0.15, 0.2) is 0 Å². The van der Waals surface area contributed by atoms with Crippen molar-refractivity contribution in [1.29, 1.82) is 0 Å². The lowest BCUT2D eigenvalue weighted by Gasteiger charge is -2.08. The molecule has 0 aliphatic carbocycles. The quantitative estimate of drug-likeness (QED) is 0.713. The smallest absolute Gasteiger partial charge is 0.407 e. The predicted octanol–water partition coefficient (Wildman–Crippen LogP) is 1.31. The van der Waals surface area contributed by atoms with Crippen LogP contribution in [0.1, 0.15) is 11.6 Å². The number of alkyl carbamates (subject to hydrolysis) is 1. The van der Waals surface area contributed by atoms with Gasteiger partial charge in [0.2, 0.25) is 0 Å². The molecule has 0 saturated carbocycles. The molecule has 14 heavy (non-hydrogen) atoms. The molecule has 1 saturated heterocycles. The summed E-state index contributed by atoms with van der Waals surface area (Å²) in [4.78, 5) is 10.7. The van der Waals surface area contributed by atoms with Crippen LogP contribution in [-0.2, 0) is 4.74 Å². The minimum atomic E-state index is -0.555. The average molecular weight is 197 g/mol. The third-order valence-electron chi connectivity index (χ3n) is 2.03. The number of phenols is 1. The Labute approximate surface area is 79.3 Å². The van der Waals surface area contributed by atoms with Gasteiger partial charge in [-0.25, -0.2) is 9.18 Å². The second-order valence-corrected chi connectivity index (χ2v) is 3.00. The number of rotatable bonds is 1. The van der Waals surface area contributed by atoms with E-state index in [1.165, 1.54) is 12.1 Å². The Bertz CT molecular complexity index is 380. The van der Waals surface area contributed by atoms with Crippen molar-refractivity contribution in [3.05, 3.63) is 29.6 Å². The van der Waals surface area contributed by atoms with Crippen LogP contribution in [0.5, 0.6) is 5.75 Å². The minimum absolute atomic E-state index is 0.112. The number of aromatic hydroxyl groups is 1. The molecule has 2 N–H and O–H groups in total. The highest BCUT2D eigenvalue weighted by Gasteiger charge is 2.26. The van der Waals surface area contributed by atoms with Crippen LogP contribution in [0.3, 0.4) is 0 Å². The zero-order valence-electron chi connectivity index (χ0n) is 7.16. The Morgan fingerprint density at radius 2 is 2.36 bits per heavy atom. The maximum Gasteiger partial charge on any atom is 0.407 e. The molecule has 0 spiro atoms. The van der Waals surface area contributed by atoms with E-state index in [0.717, 1.165) is 6.07 Å². The number of cyclic esters (lactones) is 1. The van der Waals surface area contributed by atoms with Crippen LogP contribution in [0.25, 0.3) is 0 Å². The molecule has 5 heteroatoms. The molecule has 0 aromatic heterocycles. The van der Waals surface area contributed by atoms with Gasteiger partial charge in [-0.15, -0.1) is 0 Å². The molecule has 1 fully saturated rings. The van der Waals surface area contributed by atoms with Gasteiger partial charge in [-0.1, -0.05) is 6.07 Å². The van der Waals surface area contributed by atoms with Crippen LogP contribution in [0.2, 0.25) is 0 Å².